The fourth-order valence-corrected chi connectivity index (χ4v) is 3.96. The zero-order valence-electron chi connectivity index (χ0n) is 10.6. The Hall–Kier alpha value is -0.430. The van der Waals surface area contributed by atoms with Gasteiger partial charge in [0.05, 0.1) is 4.90 Å². The highest BCUT2D eigenvalue weighted by Gasteiger charge is 2.23. The van der Waals surface area contributed by atoms with Crippen molar-refractivity contribution < 1.29 is 8.42 Å². The maximum Gasteiger partial charge on any atom is 0.243 e. The molecule has 0 bridgehead atoms. The third-order valence-electron chi connectivity index (χ3n) is 2.55. The van der Waals surface area contributed by atoms with Gasteiger partial charge in [-0.15, -0.1) is 11.3 Å². The molecule has 1 N–H and O–H groups in total. The Bertz CT molecular complexity index is 440. The molecule has 6 heteroatoms. The number of nitrogens with zero attached hydrogens (tertiary/aromatic N) is 1. The molecule has 1 heterocycles. The van der Waals surface area contributed by atoms with Crippen molar-refractivity contribution in [1.29, 1.82) is 0 Å². The normalized spacial score (nSPS) is 12.2. The molecule has 0 atom stereocenters. The molecule has 1 aromatic rings. The van der Waals surface area contributed by atoms with Crippen LogP contribution in [0.3, 0.4) is 0 Å². The predicted molar refractivity (Wildman–Crippen MR) is 71.8 cm³/mol. The van der Waals surface area contributed by atoms with E-state index in [-0.39, 0.29) is 0 Å². The molecule has 0 spiro atoms. The van der Waals surface area contributed by atoms with Gasteiger partial charge in [0.15, 0.2) is 0 Å². The average Bonchev–Trinajstić information content (AvgIpc) is 2.77. The molecular weight excluding hydrogens is 256 g/mol. The van der Waals surface area contributed by atoms with Crippen molar-refractivity contribution >= 4 is 21.4 Å². The highest BCUT2D eigenvalue weighted by molar-refractivity contribution is 7.89. The number of nitrogens with one attached hydrogen (secondary N) is 1. The molecule has 0 fully saturated rings. The second-order valence-corrected chi connectivity index (χ2v) is 6.82. The van der Waals surface area contributed by atoms with E-state index in [9.17, 15) is 8.42 Å². The van der Waals surface area contributed by atoms with Gasteiger partial charge in [-0.1, -0.05) is 13.8 Å². The molecule has 0 aromatic carbocycles. The molecule has 0 radical (unpaired) electrons. The van der Waals surface area contributed by atoms with Crippen LogP contribution in [0.2, 0.25) is 0 Å². The Morgan fingerprint density at radius 2 is 2.12 bits per heavy atom. The Balaban J connectivity index is 2.88. The summed E-state index contributed by atoms with van der Waals surface area (Å²) >= 11 is 1.49. The molecule has 1 aromatic heterocycles. The van der Waals surface area contributed by atoms with Crippen molar-refractivity contribution in [3.8, 4) is 0 Å². The highest BCUT2D eigenvalue weighted by Crippen LogP contribution is 2.24. The lowest BCUT2D eigenvalue weighted by molar-refractivity contribution is 0.485. The first-order valence-corrected chi connectivity index (χ1v) is 8.09. The summed E-state index contributed by atoms with van der Waals surface area (Å²) in [7, 11) is -1.70. The summed E-state index contributed by atoms with van der Waals surface area (Å²) in [6.45, 7) is 5.93. The monoisotopic (exact) mass is 276 g/mol. The molecular formula is C11H20N2O2S2. The third-order valence-corrected chi connectivity index (χ3v) is 5.62. The summed E-state index contributed by atoms with van der Waals surface area (Å²) in [5, 5.41) is 5.07. The topological polar surface area (TPSA) is 49.4 Å². The maximum atomic E-state index is 12.2. The van der Waals surface area contributed by atoms with Crippen LogP contribution in [-0.2, 0) is 16.6 Å². The van der Waals surface area contributed by atoms with Gasteiger partial charge in [-0.25, -0.2) is 12.7 Å². The van der Waals surface area contributed by atoms with Gasteiger partial charge in [-0.05, 0) is 24.4 Å². The van der Waals surface area contributed by atoms with Crippen LogP contribution >= 0.6 is 11.3 Å². The lowest BCUT2D eigenvalue weighted by atomic mass is 10.4. The van der Waals surface area contributed by atoms with Crippen molar-refractivity contribution in [3.05, 3.63) is 16.3 Å². The molecule has 0 unspecified atom stereocenters. The Labute approximate surface area is 108 Å². The minimum absolute atomic E-state index is 0.440. The van der Waals surface area contributed by atoms with E-state index in [4.69, 9.17) is 0 Å². The Kier molecular flexibility index (Phi) is 5.58. The Morgan fingerprint density at radius 1 is 1.41 bits per heavy atom. The lowest BCUT2D eigenvalue weighted by Gasteiger charge is -2.15. The van der Waals surface area contributed by atoms with Gasteiger partial charge in [0.2, 0.25) is 10.0 Å². The van der Waals surface area contributed by atoms with Gasteiger partial charge in [-0.3, -0.25) is 0 Å². The van der Waals surface area contributed by atoms with E-state index in [2.05, 4.69) is 12.2 Å². The molecule has 0 aliphatic carbocycles. The molecule has 98 valence electrons. The molecule has 17 heavy (non-hydrogen) atoms. The number of hydrogen-bond donors (Lipinski definition) is 1. The summed E-state index contributed by atoms with van der Waals surface area (Å²) in [6, 6.07) is 1.69. The number of hydrogen-bond acceptors (Lipinski definition) is 4. The van der Waals surface area contributed by atoms with E-state index in [1.54, 1.807) is 13.1 Å². The van der Waals surface area contributed by atoms with E-state index in [0.717, 1.165) is 17.8 Å². The summed E-state index contributed by atoms with van der Waals surface area (Å²) in [5.74, 6) is 0. The molecule has 0 aliphatic heterocycles. The molecule has 0 saturated carbocycles. The quantitative estimate of drug-likeness (QED) is 0.774. The van der Waals surface area contributed by atoms with Crippen molar-refractivity contribution in [3.63, 3.8) is 0 Å². The van der Waals surface area contributed by atoms with Crippen molar-refractivity contribution in [1.82, 2.24) is 9.62 Å². The lowest BCUT2D eigenvalue weighted by Crippen LogP contribution is -2.27. The minimum atomic E-state index is -3.31. The second kappa shape index (κ2) is 6.49. The number of sulfonamides is 1. The third kappa shape index (κ3) is 3.51. The standard InChI is InChI=1S/C11H20N2O2S2/c1-4-7-12-9-10-11(6-8-16-10)17(14,15)13(3)5-2/h6,8,12H,4-5,7,9H2,1-3H3. The summed E-state index contributed by atoms with van der Waals surface area (Å²) in [4.78, 5) is 1.33. The van der Waals surface area contributed by atoms with Gasteiger partial charge in [0.25, 0.3) is 0 Å². The van der Waals surface area contributed by atoms with Gasteiger partial charge in [0, 0.05) is 25.0 Å². The second-order valence-electron chi connectivity index (χ2n) is 3.80. The smallest absolute Gasteiger partial charge is 0.243 e. The van der Waals surface area contributed by atoms with E-state index in [1.807, 2.05) is 12.3 Å². The summed E-state index contributed by atoms with van der Waals surface area (Å²) in [5.41, 5.74) is 0. The first-order valence-electron chi connectivity index (χ1n) is 5.77. The van der Waals surface area contributed by atoms with Crippen LogP contribution in [0.15, 0.2) is 16.3 Å². The van der Waals surface area contributed by atoms with Crippen LogP contribution < -0.4 is 5.32 Å². The zero-order chi connectivity index (χ0) is 12.9. The van der Waals surface area contributed by atoms with E-state index < -0.39 is 10.0 Å². The van der Waals surface area contributed by atoms with Crippen molar-refractivity contribution in [2.45, 2.75) is 31.7 Å². The molecule has 0 aliphatic rings. The van der Waals surface area contributed by atoms with Crippen LogP contribution in [0.25, 0.3) is 0 Å². The number of rotatable bonds is 7. The van der Waals surface area contributed by atoms with Crippen LogP contribution in [0.4, 0.5) is 0 Å². The van der Waals surface area contributed by atoms with Gasteiger partial charge in [0.1, 0.15) is 0 Å². The Morgan fingerprint density at radius 3 is 2.71 bits per heavy atom. The van der Waals surface area contributed by atoms with E-state index >= 15 is 0 Å². The first-order chi connectivity index (χ1) is 8.04. The van der Waals surface area contributed by atoms with E-state index in [0.29, 0.717) is 18.0 Å². The summed E-state index contributed by atoms with van der Waals surface area (Å²) in [6.07, 6.45) is 1.04. The first kappa shape index (κ1) is 14.6. The highest BCUT2D eigenvalue weighted by atomic mass is 32.2. The van der Waals surface area contributed by atoms with Crippen LogP contribution in [-0.4, -0.2) is 32.9 Å². The van der Waals surface area contributed by atoms with Crippen LogP contribution in [0.5, 0.6) is 0 Å². The van der Waals surface area contributed by atoms with Crippen molar-refractivity contribution in [2.75, 3.05) is 20.1 Å². The van der Waals surface area contributed by atoms with Gasteiger partial charge in [-0.2, -0.15) is 0 Å². The SMILES string of the molecule is CCCNCc1sccc1S(=O)(=O)N(C)CC. The van der Waals surface area contributed by atoms with E-state index in [1.165, 1.54) is 15.6 Å². The maximum absolute atomic E-state index is 12.2. The predicted octanol–water partition coefficient (Wildman–Crippen LogP) is 1.89. The van der Waals surface area contributed by atoms with Crippen LogP contribution in [0, 0.1) is 0 Å². The largest absolute Gasteiger partial charge is 0.312 e. The molecule has 4 nitrogen and oxygen atoms in total. The number of thiophene rings is 1. The summed E-state index contributed by atoms with van der Waals surface area (Å²) < 4.78 is 25.7. The minimum Gasteiger partial charge on any atom is -0.312 e. The van der Waals surface area contributed by atoms with Crippen molar-refractivity contribution in [2.24, 2.45) is 0 Å². The fraction of sp³-hybridized carbons (Fsp3) is 0.636. The molecule has 0 saturated heterocycles. The zero-order valence-corrected chi connectivity index (χ0v) is 12.2. The van der Waals surface area contributed by atoms with Crippen LogP contribution in [0.1, 0.15) is 25.1 Å². The average molecular weight is 276 g/mol. The molecule has 1 rings (SSSR count). The van der Waals surface area contributed by atoms with Gasteiger partial charge >= 0.3 is 0 Å². The molecule has 0 amide bonds. The van der Waals surface area contributed by atoms with Gasteiger partial charge < -0.3 is 5.32 Å². The fourth-order valence-electron chi connectivity index (χ4n) is 1.40.